The Kier molecular flexibility index (Phi) is 3.92. The van der Waals surface area contributed by atoms with Crippen LogP contribution in [0.4, 0.5) is 5.69 Å². The number of para-hydroxylation sites is 1. The fourth-order valence-corrected chi connectivity index (χ4v) is 3.04. The van der Waals surface area contributed by atoms with E-state index in [1.807, 2.05) is 18.2 Å². The summed E-state index contributed by atoms with van der Waals surface area (Å²) >= 11 is 0. The van der Waals surface area contributed by atoms with Gasteiger partial charge in [-0.3, -0.25) is 4.31 Å². The minimum atomic E-state index is -3.29. The van der Waals surface area contributed by atoms with Gasteiger partial charge in [-0.2, -0.15) is 0 Å². The molecule has 0 aromatic heterocycles. The first kappa shape index (κ1) is 13.4. The molecule has 0 amide bonds. The standard InChI is InChI=1S/C13H20N2O2S/c1-11(10-14-12-8-9-12)18(16,17)15(2)13-6-4-3-5-7-13/h3-7,11-12,14H,8-10H2,1-2H3. The summed E-state index contributed by atoms with van der Waals surface area (Å²) in [6, 6.07) is 9.70. The Balaban J connectivity index is 2.04. The molecular formula is C13H20N2O2S. The van der Waals surface area contributed by atoms with Crippen molar-refractivity contribution >= 4 is 15.7 Å². The van der Waals surface area contributed by atoms with Crippen molar-refractivity contribution in [2.45, 2.75) is 31.1 Å². The van der Waals surface area contributed by atoms with Crippen LogP contribution in [0.3, 0.4) is 0 Å². The SMILES string of the molecule is CC(CNC1CC1)S(=O)(=O)N(C)c1ccccc1. The first-order chi connectivity index (χ1) is 8.51. The predicted molar refractivity (Wildman–Crippen MR) is 74.3 cm³/mol. The minimum absolute atomic E-state index is 0.414. The summed E-state index contributed by atoms with van der Waals surface area (Å²) in [5.74, 6) is 0. The summed E-state index contributed by atoms with van der Waals surface area (Å²) in [5.41, 5.74) is 0.704. The number of hydrogen-bond donors (Lipinski definition) is 1. The maximum atomic E-state index is 12.3. The van der Waals surface area contributed by atoms with Gasteiger partial charge in [-0.05, 0) is 31.9 Å². The van der Waals surface area contributed by atoms with Crippen LogP contribution in [0.25, 0.3) is 0 Å². The van der Waals surface area contributed by atoms with Gasteiger partial charge in [0.1, 0.15) is 0 Å². The van der Waals surface area contributed by atoms with Gasteiger partial charge in [0.25, 0.3) is 0 Å². The predicted octanol–water partition coefficient (Wildman–Crippen LogP) is 1.59. The normalized spacial score (nSPS) is 17.4. The Bertz CT molecular complexity index is 483. The number of nitrogens with one attached hydrogen (secondary N) is 1. The Morgan fingerprint density at radius 1 is 1.33 bits per heavy atom. The molecule has 1 aromatic carbocycles. The third-order valence-electron chi connectivity index (χ3n) is 3.28. The lowest BCUT2D eigenvalue weighted by molar-refractivity contribution is 0.569. The van der Waals surface area contributed by atoms with Gasteiger partial charge in [-0.25, -0.2) is 8.42 Å². The average molecular weight is 268 g/mol. The summed E-state index contributed by atoms with van der Waals surface area (Å²) in [6.45, 7) is 2.27. The van der Waals surface area contributed by atoms with Gasteiger partial charge in [0, 0.05) is 19.6 Å². The van der Waals surface area contributed by atoms with Crippen molar-refractivity contribution in [3.05, 3.63) is 30.3 Å². The van der Waals surface area contributed by atoms with Gasteiger partial charge in [0.15, 0.2) is 0 Å². The van der Waals surface area contributed by atoms with E-state index in [1.54, 1.807) is 26.1 Å². The molecule has 0 aliphatic heterocycles. The highest BCUT2D eigenvalue weighted by molar-refractivity contribution is 7.93. The summed E-state index contributed by atoms with van der Waals surface area (Å²) in [4.78, 5) is 0. The number of benzene rings is 1. The third kappa shape index (κ3) is 3.03. The fourth-order valence-electron chi connectivity index (χ4n) is 1.78. The van der Waals surface area contributed by atoms with Crippen LogP contribution in [-0.4, -0.2) is 33.3 Å². The molecule has 0 saturated heterocycles. The Morgan fingerprint density at radius 2 is 1.94 bits per heavy atom. The van der Waals surface area contributed by atoms with Crippen LogP contribution in [0.15, 0.2) is 30.3 Å². The zero-order valence-corrected chi connectivity index (χ0v) is 11.7. The summed E-state index contributed by atoms with van der Waals surface area (Å²) in [5, 5.41) is 2.85. The zero-order valence-electron chi connectivity index (χ0n) is 10.8. The second-order valence-corrected chi connectivity index (χ2v) is 7.22. The molecule has 5 heteroatoms. The third-order valence-corrected chi connectivity index (χ3v) is 5.44. The molecule has 1 aromatic rings. The Morgan fingerprint density at radius 3 is 2.50 bits per heavy atom. The largest absolute Gasteiger partial charge is 0.313 e. The molecule has 2 rings (SSSR count). The van der Waals surface area contributed by atoms with Crippen molar-refractivity contribution in [1.29, 1.82) is 0 Å². The van der Waals surface area contributed by atoms with Crippen molar-refractivity contribution in [2.75, 3.05) is 17.9 Å². The topological polar surface area (TPSA) is 49.4 Å². The van der Waals surface area contributed by atoms with Gasteiger partial charge in [-0.15, -0.1) is 0 Å². The van der Waals surface area contributed by atoms with E-state index in [9.17, 15) is 8.42 Å². The summed E-state index contributed by atoms with van der Waals surface area (Å²) in [6.07, 6.45) is 2.34. The maximum absolute atomic E-state index is 12.3. The molecule has 1 aliphatic carbocycles. The molecule has 1 fully saturated rings. The van der Waals surface area contributed by atoms with Gasteiger partial charge in [0.2, 0.25) is 10.0 Å². The van der Waals surface area contributed by atoms with E-state index in [4.69, 9.17) is 0 Å². The number of anilines is 1. The van der Waals surface area contributed by atoms with Crippen LogP contribution >= 0.6 is 0 Å². The lowest BCUT2D eigenvalue weighted by Crippen LogP contribution is -2.40. The highest BCUT2D eigenvalue weighted by Gasteiger charge is 2.28. The van der Waals surface area contributed by atoms with E-state index in [2.05, 4.69) is 5.32 Å². The van der Waals surface area contributed by atoms with Crippen LogP contribution in [-0.2, 0) is 10.0 Å². The van der Waals surface area contributed by atoms with Gasteiger partial charge in [0.05, 0.1) is 10.9 Å². The van der Waals surface area contributed by atoms with E-state index in [0.29, 0.717) is 18.3 Å². The molecule has 1 aliphatic rings. The molecule has 18 heavy (non-hydrogen) atoms. The Hall–Kier alpha value is -1.07. The molecule has 0 bridgehead atoms. The molecular weight excluding hydrogens is 248 g/mol. The molecule has 1 saturated carbocycles. The smallest absolute Gasteiger partial charge is 0.238 e. The van der Waals surface area contributed by atoms with Crippen molar-refractivity contribution in [3.8, 4) is 0 Å². The molecule has 100 valence electrons. The molecule has 1 unspecified atom stereocenters. The van der Waals surface area contributed by atoms with Crippen LogP contribution < -0.4 is 9.62 Å². The van der Waals surface area contributed by atoms with E-state index < -0.39 is 15.3 Å². The summed E-state index contributed by atoms with van der Waals surface area (Å²) in [7, 11) is -1.68. The van der Waals surface area contributed by atoms with Crippen LogP contribution in [0.1, 0.15) is 19.8 Å². The van der Waals surface area contributed by atoms with Crippen LogP contribution in [0, 0.1) is 0 Å². The highest BCUT2D eigenvalue weighted by Crippen LogP contribution is 2.21. The molecule has 4 nitrogen and oxygen atoms in total. The summed E-state index contributed by atoms with van der Waals surface area (Å²) < 4.78 is 26.1. The van der Waals surface area contributed by atoms with Crippen molar-refractivity contribution in [2.24, 2.45) is 0 Å². The molecule has 1 N–H and O–H groups in total. The number of hydrogen-bond acceptors (Lipinski definition) is 3. The minimum Gasteiger partial charge on any atom is -0.313 e. The van der Waals surface area contributed by atoms with Gasteiger partial charge >= 0.3 is 0 Å². The molecule has 0 radical (unpaired) electrons. The van der Waals surface area contributed by atoms with E-state index in [-0.39, 0.29) is 0 Å². The van der Waals surface area contributed by atoms with E-state index >= 15 is 0 Å². The molecule has 0 heterocycles. The fraction of sp³-hybridized carbons (Fsp3) is 0.538. The van der Waals surface area contributed by atoms with Crippen LogP contribution in [0.5, 0.6) is 0 Å². The van der Waals surface area contributed by atoms with Crippen LogP contribution in [0.2, 0.25) is 0 Å². The van der Waals surface area contributed by atoms with Crippen molar-refractivity contribution in [1.82, 2.24) is 5.32 Å². The maximum Gasteiger partial charge on any atom is 0.238 e. The quantitative estimate of drug-likeness (QED) is 0.852. The zero-order chi connectivity index (χ0) is 13.2. The van der Waals surface area contributed by atoms with Gasteiger partial charge in [-0.1, -0.05) is 18.2 Å². The van der Waals surface area contributed by atoms with Crippen molar-refractivity contribution in [3.63, 3.8) is 0 Å². The first-order valence-electron chi connectivity index (χ1n) is 6.28. The molecule has 1 atom stereocenters. The lowest BCUT2D eigenvalue weighted by atomic mass is 10.3. The van der Waals surface area contributed by atoms with Gasteiger partial charge < -0.3 is 5.32 Å². The lowest BCUT2D eigenvalue weighted by Gasteiger charge is -2.24. The second kappa shape index (κ2) is 5.28. The average Bonchev–Trinajstić information content (AvgIpc) is 3.20. The second-order valence-electron chi connectivity index (χ2n) is 4.84. The number of sulfonamides is 1. The first-order valence-corrected chi connectivity index (χ1v) is 7.78. The molecule has 0 spiro atoms. The van der Waals surface area contributed by atoms with E-state index in [0.717, 1.165) is 0 Å². The highest BCUT2D eigenvalue weighted by atomic mass is 32.2. The Labute approximate surface area is 109 Å². The number of rotatable bonds is 6. The monoisotopic (exact) mass is 268 g/mol. The van der Waals surface area contributed by atoms with E-state index in [1.165, 1.54) is 17.1 Å². The van der Waals surface area contributed by atoms with Crippen molar-refractivity contribution < 1.29 is 8.42 Å². The number of nitrogens with zero attached hydrogens (tertiary/aromatic N) is 1.